The van der Waals surface area contributed by atoms with Crippen LogP contribution in [0.2, 0.25) is 0 Å². The van der Waals surface area contributed by atoms with E-state index in [0.29, 0.717) is 0 Å². The summed E-state index contributed by atoms with van der Waals surface area (Å²) in [6.07, 6.45) is 1.77. The lowest BCUT2D eigenvalue weighted by Gasteiger charge is -2.16. The molecule has 0 radical (unpaired) electrons. The molecule has 4 heteroatoms. The zero-order chi connectivity index (χ0) is 15.8. The first-order valence-electron chi connectivity index (χ1n) is 7.12. The van der Waals surface area contributed by atoms with Crippen LogP contribution >= 0.6 is 0 Å². The van der Waals surface area contributed by atoms with E-state index in [1.807, 2.05) is 66.7 Å². The van der Waals surface area contributed by atoms with Gasteiger partial charge in [-0.05, 0) is 29.9 Å². The molecule has 0 aliphatic heterocycles. The van der Waals surface area contributed by atoms with E-state index in [2.05, 4.69) is 0 Å². The Morgan fingerprint density at radius 1 is 0.909 bits per heavy atom. The SMILES string of the molecule is N#CC(CC(Cc1ccccc1)Cc1ccccc1)=S(=O)=O. The van der Waals surface area contributed by atoms with Crippen molar-refractivity contribution in [2.24, 2.45) is 5.92 Å². The number of hydrogen-bond acceptors (Lipinski definition) is 3. The van der Waals surface area contributed by atoms with Crippen molar-refractivity contribution < 1.29 is 8.42 Å². The van der Waals surface area contributed by atoms with Gasteiger partial charge in [0.25, 0.3) is 0 Å². The largest absolute Gasteiger partial charge is 0.227 e. The second-order valence-electron chi connectivity index (χ2n) is 5.22. The zero-order valence-corrected chi connectivity index (χ0v) is 13.0. The molecule has 2 aromatic carbocycles. The predicted molar refractivity (Wildman–Crippen MR) is 87.9 cm³/mol. The minimum atomic E-state index is -2.43. The van der Waals surface area contributed by atoms with Gasteiger partial charge in [0, 0.05) is 6.42 Å². The van der Waals surface area contributed by atoms with Crippen molar-refractivity contribution in [2.75, 3.05) is 0 Å². The summed E-state index contributed by atoms with van der Waals surface area (Å²) >= 11 is 0. The number of benzene rings is 2. The molecule has 0 unspecified atom stereocenters. The molecule has 2 rings (SSSR count). The van der Waals surface area contributed by atoms with Gasteiger partial charge in [-0.1, -0.05) is 60.7 Å². The minimum Gasteiger partial charge on any atom is -0.192 e. The topological polar surface area (TPSA) is 57.9 Å². The fourth-order valence-corrected chi connectivity index (χ4v) is 2.97. The Morgan fingerprint density at radius 3 is 1.73 bits per heavy atom. The molecule has 0 aromatic heterocycles. The van der Waals surface area contributed by atoms with Crippen LogP contribution in [0.4, 0.5) is 0 Å². The lowest BCUT2D eigenvalue weighted by molar-refractivity contribution is 0.544. The van der Waals surface area contributed by atoms with Crippen molar-refractivity contribution in [3.63, 3.8) is 0 Å². The van der Waals surface area contributed by atoms with E-state index >= 15 is 0 Å². The molecule has 2 aromatic rings. The van der Waals surface area contributed by atoms with E-state index in [-0.39, 0.29) is 17.2 Å². The Bertz CT molecular complexity index is 725. The Kier molecular flexibility index (Phi) is 5.93. The monoisotopic (exact) mass is 311 g/mol. The molecule has 0 saturated heterocycles. The Balaban J connectivity index is 2.21. The van der Waals surface area contributed by atoms with E-state index in [4.69, 9.17) is 5.26 Å². The Morgan fingerprint density at radius 2 is 1.36 bits per heavy atom. The van der Waals surface area contributed by atoms with Crippen molar-refractivity contribution in [2.45, 2.75) is 19.3 Å². The van der Waals surface area contributed by atoms with Crippen molar-refractivity contribution >= 4 is 15.2 Å². The highest BCUT2D eigenvalue weighted by Gasteiger charge is 2.15. The lowest BCUT2D eigenvalue weighted by Crippen LogP contribution is -2.14. The van der Waals surface area contributed by atoms with E-state index < -0.39 is 10.3 Å². The fourth-order valence-electron chi connectivity index (χ4n) is 2.52. The molecule has 0 atom stereocenters. The van der Waals surface area contributed by atoms with Gasteiger partial charge in [0.2, 0.25) is 10.3 Å². The average Bonchev–Trinajstić information content (AvgIpc) is 2.54. The van der Waals surface area contributed by atoms with Gasteiger partial charge in [0.15, 0.2) is 0 Å². The zero-order valence-electron chi connectivity index (χ0n) is 12.1. The van der Waals surface area contributed by atoms with Crippen LogP contribution in [0, 0.1) is 17.2 Å². The van der Waals surface area contributed by atoms with Gasteiger partial charge in [-0.2, -0.15) is 13.7 Å². The standard InChI is InChI=1S/C18H17NO2S/c19-14-18(22(20)21)13-17(11-15-7-3-1-4-8-15)12-16-9-5-2-6-10-16/h1-10,17H,11-13H2. The van der Waals surface area contributed by atoms with Gasteiger partial charge < -0.3 is 0 Å². The molecule has 0 spiro atoms. The quantitative estimate of drug-likeness (QED) is 0.770. The van der Waals surface area contributed by atoms with Crippen molar-refractivity contribution in [1.29, 1.82) is 5.26 Å². The average molecular weight is 311 g/mol. The van der Waals surface area contributed by atoms with Crippen LogP contribution in [0.3, 0.4) is 0 Å². The number of nitrogens with zero attached hydrogens (tertiary/aromatic N) is 1. The summed E-state index contributed by atoms with van der Waals surface area (Å²) in [5, 5.41) is 9.00. The molecule has 0 amide bonds. The maximum absolute atomic E-state index is 11.1. The van der Waals surface area contributed by atoms with Crippen LogP contribution in [0.5, 0.6) is 0 Å². The summed E-state index contributed by atoms with van der Waals surface area (Å²) in [4.78, 5) is -0.0723. The first kappa shape index (κ1) is 16.0. The maximum atomic E-state index is 11.1. The molecule has 0 saturated carbocycles. The van der Waals surface area contributed by atoms with Gasteiger partial charge >= 0.3 is 0 Å². The lowest BCUT2D eigenvalue weighted by atomic mass is 9.89. The predicted octanol–water partition coefficient (Wildman–Crippen LogP) is 3.05. The van der Waals surface area contributed by atoms with Gasteiger partial charge in [0.1, 0.15) is 10.9 Å². The number of hydrogen-bond donors (Lipinski definition) is 0. The van der Waals surface area contributed by atoms with Crippen molar-refractivity contribution in [3.05, 3.63) is 71.8 Å². The first-order valence-corrected chi connectivity index (χ1v) is 8.19. The third-order valence-corrected chi connectivity index (χ3v) is 4.19. The summed E-state index contributed by atoms with van der Waals surface area (Å²) in [5.41, 5.74) is 2.30. The van der Waals surface area contributed by atoms with E-state index in [9.17, 15) is 8.42 Å². The van der Waals surface area contributed by atoms with Crippen molar-refractivity contribution in [1.82, 2.24) is 0 Å². The molecule has 0 heterocycles. The van der Waals surface area contributed by atoms with Crippen LogP contribution in [0.1, 0.15) is 17.5 Å². The highest BCUT2D eigenvalue weighted by atomic mass is 32.2. The Hall–Kier alpha value is -2.38. The molecule has 0 N–H and O–H groups in total. The first-order chi connectivity index (χ1) is 10.7. The summed E-state index contributed by atoms with van der Waals surface area (Å²) in [5.74, 6) is 0.0809. The molecule has 0 fully saturated rings. The second kappa shape index (κ2) is 8.16. The molecule has 0 aliphatic carbocycles. The van der Waals surface area contributed by atoms with E-state index in [1.165, 1.54) is 0 Å². The van der Waals surface area contributed by atoms with Gasteiger partial charge in [-0.3, -0.25) is 0 Å². The number of nitriles is 1. The Labute approximate surface area is 132 Å². The van der Waals surface area contributed by atoms with Crippen LogP contribution in [-0.4, -0.2) is 13.3 Å². The normalized spacial score (nSPS) is 10.2. The highest BCUT2D eigenvalue weighted by Crippen LogP contribution is 2.18. The third-order valence-electron chi connectivity index (χ3n) is 3.53. The summed E-state index contributed by atoms with van der Waals surface area (Å²) in [7, 11) is -2.43. The summed E-state index contributed by atoms with van der Waals surface area (Å²) < 4.78 is 22.2. The summed E-state index contributed by atoms with van der Waals surface area (Å²) in [6.45, 7) is 0. The van der Waals surface area contributed by atoms with Gasteiger partial charge in [-0.15, -0.1) is 0 Å². The third kappa shape index (κ3) is 4.87. The van der Waals surface area contributed by atoms with Crippen LogP contribution in [0.25, 0.3) is 0 Å². The molecule has 0 aliphatic rings. The molecule has 112 valence electrons. The highest BCUT2D eigenvalue weighted by molar-refractivity contribution is 7.73. The van der Waals surface area contributed by atoms with Gasteiger partial charge in [0.05, 0.1) is 0 Å². The molecule has 0 bridgehead atoms. The summed E-state index contributed by atoms with van der Waals surface area (Å²) in [6, 6.07) is 21.7. The fraction of sp³-hybridized carbons (Fsp3) is 0.222. The minimum absolute atomic E-state index is 0.0723. The molecule has 3 nitrogen and oxygen atoms in total. The van der Waals surface area contributed by atoms with Gasteiger partial charge in [-0.25, -0.2) is 0 Å². The van der Waals surface area contributed by atoms with E-state index in [1.54, 1.807) is 0 Å². The van der Waals surface area contributed by atoms with Crippen LogP contribution in [-0.2, 0) is 23.1 Å². The second-order valence-corrected chi connectivity index (χ2v) is 6.18. The van der Waals surface area contributed by atoms with Crippen LogP contribution in [0.15, 0.2) is 60.7 Å². The van der Waals surface area contributed by atoms with E-state index in [0.717, 1.165) is 24.0 Å². The number of rotatable bonds is 6. The van der Waals surface area contributed by atoms with Crippen molar-refractivity contribution in [3.8, 4) is 6.07 Å². The molecular formula is C18H17NO2S. The van der Waals surface area contributed by atoms with Crippen LogP contribution < -0.4 is 0 Å². The molecule has 22 heavy (non-hydrogen) atoms. The smallest absolute Gasteiger partial charge is 0.192 e. The molecular weight excluding hydrogens is 294 g/mol. The maximum Gasteiger partial charge on any atom is 0.227 e.